The van der Waals surface area contributed by atoms with E-state index in [1.165, 1.54) is 0 Å². The first-order valence-electron chi connectivity index (χ1n) is 6.65. The Morgan fingerprint density at radius 2 is 1.95 bits per heavy atom. The molecular formula is C16H21N3O. The lowest BCUT2D eigenvalue weighted by Crippen LogP contribution is -1.99. The molecule has 0 aliphatic rings. The molecule has 0 saturated carbocycles. The van der Waals surface area contributed by atoms with E-state index in [4.69, 9.17) is 11.5 Å². The normalized spacial score (nSPS) is 12.1. The van der Waals surface area contributed by atoms with Crippen molar-refractivity contribution in [3.63, 3.8) is 0 Å². The molecule has 1 aromatic heterocycles. The van der Waals surface area contributed by atoms with Gasteiger partial charge in [-0.1, -0.05) is 26.0 Å². The molecule has 4 nitrogen and oxygen atoms in total. The van der Waals surface area contributed by atoms with Crippen LogP contribution in [0.3, 0.4) is 0 Å². The molecule has 0 fully saturated rings. The Morgan fingerprint density at radius 3 is 2.55 bits per heavy atom. The second kappa shape index (κ2) is 5.33. The number of phenols is 1. The summed E-state index contributed by atoms with van der Waals surface area (Å²) in [6.07, 6.45) is 1.82. The van der Waals surface area contributed by atoms with Crippen molar-refractivity contribution in [2.45, 2.75) is 26.7 Å². The van der Waals surface area contributed by atoms with Crippen molar-refractivity contribution >= 4 is 17.6 Å². The fraction of sp³-hybridized carbons (Fsp3) is 0.250. The van der Waals surface area contributed by atoms with E-state index >= 15 is 0 Å². The number of nitrogens with one attached hydrogen (secondary N) is 1. The lowest BCUT2D eigenvalue weighted by atomic mass is 9.97. The van der Waals surface area contributed by atoms with Gasteiger partial charge in [0.1, 0.15) is 11.6 Å². The van der Waals surface area contributed by atoms with Crippen LogP contribution in [0.5, 0.6) is 5.75 Å². The first-order valence-corrected chi connectivity index (χ1v) is 6.65. The number of hydrogen-bond donors (Lipinski definition) is 4. The van der Waals surface area contributed by atoms with Crippen LogP contribution in [0.2, 0.25) is 0 Å². The number of nitrogens with two attached hydrogens (primary N) is 2. The van der Waals surface area contributed by atoms with Crippen LogP contribution in [-0.4, -0.2) is 10.1 Å². The molecule has 0 spiro atoms. The van der Waals surface area contributed by atoms with E-state index in [0.717, 1.165) is 16.8 Å². The molecule has 6 N–H and O–H groups in total. The van der Waals surface area contributed by atoms with Crippen molar-refractivity contribution in [1.82, 2.24) is 4.98 Å². The molecule has 0 unspecified atom stereocenters. The fourth-order valence-corrected chi connectivity index (χ4v) is 2.53. The Balaban J connectivity index is 2.53. The molecule has 0 aliphatic heterocycles. The summed E-state index contributed by atoms with van der Waals surface area (Å²) in [6, 6.07) is 7.00. The van der Waals surface area contributed by atoms with E-state index in [1.54, 1.807) is 18.2 Å². The van der Waals surface area contributed by atoms with E-state index in [2.05, 4.69) is 18.8 Å². The van der Waals surface area contributed by atoms with E-state index < -0.39 is 0 Å². The third kappa shape index (κ3) is 2.50. The summed E-state index contributed by atoms with van der Waals surface area (Å²) in [5, 5.41) is 9.85. The van der Waals surface area contributed by atoms with Gasteiger partial charge < -0.3 is 21.6 Å². The number of aromatic nitrogens is 1. The van der Waals surface area contributed by atoms with Crippen LogP contribution in [0.1, 0.15) is 42.1 Å². The van der Waals surface area contributed by atoms with E-state index in [9.17, 15) is 5.11 Å². The molecule has 2 aromatic rings. The van der Waals surface area contributed by atoms with Crippen LogP contribution in [-0.2, 0) is 0 Å². The largest absolute Gasteiger partial charge is 0.507 e. The second-order valence-electron chi connectivity index (χ2n) is 5.26. The minimum atomic E-state index is 0.165. The van der Waals surface area contributed by atoms with Crippen molar-refractivity contribution in [1.29, 1.82) is 0 Å². The topological polar surface area (TPSA) is 88.1 Å². The van der Waals surface area contributed by atoms with Gasteiger partial charge in [0.15, 0.2) is 0 Å². The number of aromatic amines is 1. The van der Waals surface area contributed by atoms with Crippen molar-refractivity contribution < 1.29 is 5.11 Å². The Hall–Kier alpha value is -2.36. The number of hydrogen-bond acceptors (Lipinski definition) is 3. The monoisotopic (exact) mass is 271 g/mol. The summed E-state index contributed by atoms with van der Waals surface area (Å²) < 4.78 is 0. The molecule has 4 heteroatoms. The number of phenolic OH excluding ortho intramolecular Hbond substituents is 1. The summed E-state index contributed by atoms with van der Waals surface area (Å²) >= 11 is 0. The number of rotatable bonds is 3. The number of aromatic hydroxyl groups is 1. The summed E-state index contributed by atoms with van der Waals surface area (Å²) in [5.74, 6) is 1.11. The third-order valence-electron chi connectivity index (χ3n) is 3.40. The molecule has 20 heavy (non-hydrogen) atoms. The lowest BCUT2D eigenvalue weighted by molar-refractivity contribution is 0.473. The molecule has 0 atom stereocenters. The van der Waals surface area contributed by atoms with Gasteiger partial charge in [-0.2, -0.15) is 0 Å². The summed E-state index contributed by atoms with van der Waals surface area (Å²) in [7, 11) is 0. The minimum absolute atomic E-state index is 0.165. The predicted molar refractivity (Wildman–Crippen MR) is 84.2 cm³/mol. The summed E-state index contributed by atoms with van der Waals surface area (Å²) in [5.41, 5.74) is 16.3. The van der Waals surface area contributed by atoms with Crippen LogP contribution < -0.4 is 11.5 Å². The molecule has 2 rings (SSSR count). The van der Waals surface area contributed by atoms with Gasteiger partial charge in [0.2, 0.25) is 0 Å². The number of anilines is 1. The zero-order valence-corrected chi connectivity index (χ0v) is 12.1. The zero-order chi connectivity index (χ0) is 14.9. The average molecular weight is 271 g/mol. The summed E-state index contributed by atoms with van der Waals surface area (Å²) in [4.78, 5) is 3.14. The van der Waals surface area contributed by atoms with Gasteiger partial charge >= 0.3 is 0 Å². The smallest absolute Gasteiger partial charge is 0.124 e. The SMILES string of the molecule is Cc1[nH]c(N)c(/C=C(\N)c2ccccc2O)c1C(C)C. The van der Waals surface area contributed by atoms with E-state index in [-0.39, 0.29) is 5.75 Å². The molecule has 1 aromatic carbocycles. The maximum absolute atomic E-state index is 9.85. The van der Waals surface area contributed by atoms with Crippen LogP contribution in [0.25, 0.3) is 11.8 Å². The highest BCUT2D eigenvalue weighted by Gasteiger charge is 2.15. The fourth-order valence-electron chi connectivity index (χ4n) is 2.53. The van der Waals surface area contributed by atoms with Crippen LogP contribution in [0.4, 0.5) is 5.82 Å². The zero-order valence-electron chi connectivity index (χ0n) is 12.1. The first kappa shape index (κ1) is 14.1. The number of para-hydroxylation sites is 1. The van der Waals surface area contributed by atoms with Gasteiger partial charge in [-0.3, -0.25) is 0 Å². The number of nitrogen functional groups attached to an aromatic ring is 1. The highest BCUT2D eigenvalue weighted by atomic mass is 16.3. The van der Waals surface area contributed by atoms with Gasteiger partial charge in [0.05, 0.1) is 0 Å². The number of benzene rings is 1. The van der Waals surface area contributed by atoms with Gasteiger partial charge in [-0.15, -0.1) is 0 Å². The van der Waals surface area contributed by atoms with E-state index in [1.807, 2.05) is 19.1 Å². The third-order valence-corrected chi connectivity index (χ3v) is 3.40. The molecule has 0 bridgehead atoms. The van der Waals surface area contributed by atoms with Crippen molar-refractivity contribution in [2.75, 3.05) is 5.73 Å². The van der Waals surface area contributed by atoms with Crippen molar-refractivity contribution in [2.24, 2.45) is 5.73 Å². The highest BCUT2D eigenvalue weighted by Crippen LogP contribution is 2.31. The quantitative estimate of drug-likeness (QED) is 0.691. The maximum Gasteiger partial charge on any atom is 0.124 e. The molecular weight excluding hydrogens is 250 g/mol. The highest BCUT2D eigenvalue weighted by molar-refractivity contribution is 5.86. The Bertz CT molecular complexity index is 654. The Labute approximate surface area is 119 Å². The Morgan fingerprint density at radius 1 is 1.30 bits per heavy atom. The maximum atomic E-state index is 9.85. The van der Waals surface area contributed by atoms with Crippen molar-refractivity contribution in [3.8, 4) is 5.75 Å². The Kier molecular flexibility index (Phi) is 3.74. The predicted octanol–water partition coefficient (Wildman–Crippen LogP) is 3.19. The molecule has 1 heterocycles. The van der Waals surface area contributed by atoms with Gasteiger partial charge in [-0.05, 0) is 36.6 Å². The van der Waals surface area contributed by atoms with Gasteiger partial charge in [-0.25, -0.2) is 0 Å². The average Bonchev–Trinajstić information content (AvgIpc) is 2.64. The first-order chi connectivity index (χ1) is 9.41. The second-order valence-corrected chi connectivity index (χ2v) is 5.26. The van der Waals surface area contributed by atoms with Gasteiger partial charge in [0, 0.05) is 22.5 Å². The van der Waals surface area contributed by atoms with Crippen LogP contribution >= 0.6 is 0 Å². The lowest BCUT2D eigenvalue weighted by Gasteiger charge is -2.09. The number of H-pyrrole nitrogens is 1. The molecule has 0 saturated heterocycles. The van der Waals surface area contributed by atoms with Crippen LogP contribution in [0.15, 0.2) is 24.3 Å². The standard InChI is InChI=1S/C16H21N3O/c1-9(2)15-10(3)19-16(18)12(15)8-13(17)11-6-4-5-7-14(11)20/h4-9,19-20H,17-18H2,1-3H3/b13-8-. The molecule has 0 radical (unpaired) electrons. The molecule has 106 valence electrons. The van der Waals surface area contributed by atoms with Crippen molar-refractivity contribution in [3.05, 3.63) is 46.6 Å². The van der Waals surface area contributed by atoms with Gasteiger partial charge in [0.25, 0.3) is 0 Å². The molecule has 0 amide bonds. The molecule has 0 aliphatic carbocycles. The van der Waals surface area contributed by atoms with Crippen LogP contribution in [0, 0.1) is 6.92 Å². The minimum Gasteiger partial charge on any atom is -0.507 e. The summed E-state index contributed by atoms with van der Waals surface area (Å²) in [6.45, 7) is 6.23. The number of aryl methyl sites for hydroxylation is 1. The van der Waals surface area contributed by atoms with E-state index in [0.29, 0.717) is 23.0 Å².